The molecule has 1 saturated carbocycles. The van der Waals surface area contributed by atoms with E-state index in [1.165, 1.54) is 11.1 Å². The number of H-pyrrole nitrogens is 1. The van der Waals surface area contributed by atoms with Crippen LogP contribution in [0.2, 0.25) is 0 Å². The van der Waals surface area contributed by atoms with Crippen molar-refractivity contribution in [2.45, 2.75) is 50.3 Å². The third kappa shape index (κ3) is 3.97. The molecule has 28 heavy (non-hydrogen) atoms. The van der Waals surface area contributed by atoms with Crippen molar-refractivity contribution in [1.29, 1.82) is 0 Å². The van der Waals surface area contributed by atoms with E-state index < -0.39 is 0 Å². The van der Waals surface area contributed by atoms with Gasteiger partial charge in [-0.1, -0.05) is 24.3 Å². The van der Waals surface area contributed by atoms with Crippen molar-refractivity contribution in [2.24, 2.45) is 5.92 Å². The summed E-state index contributed by atoms with van der Waals surface area (Å²) in [7, 11) is 1.65. The molecule has 0 aliphatic heterocycles. The van der Waals surface area contributed by atoms with E-state index in [0.29, 0.717) is 12.1 Å². The highest BCUT2D eigenvalue weighted by molar-refractivity contribution is 5.92. The normalized spacial score (nSPS) is 24.5. The van der Waals surface area contributed by atoms with Gasteiger partial charge in [-0.2, -0.15) is 0 Å². The zero-order valence-corrected chi connectivity index (χ0v) is 16.1. The van der Waals surface area contributed by atoms with Gasteiger partial charge in [-0.15, -0.1) is 0 Å². The average Bonchev–Trinajstić information content (AvgIpc) is 3.37. The predicted molar refractivity (Wildman–Crippen MR) is 106 cm³/mol. The Balaban J connectivity index is 1.31. The van der Waals surface area contributed by atoms with Crippen LogP contribution >= 0.6 is 0 Å². The number of amides is 2. The highest BCUT2D eigenvalue weighted by Gasteiger charge is 2.36. The second-order valence-electron chi connectivity index (χ2n) is 7.83. The van der Waals surface area contributed by atoms with Crippen LogP contribution in [0.15, 0.2) is 42.6 Å². The van der Waals surface area contributed by atoms with Gasteiger partial charge in [0.2, 0.25) is 5.91 Å². The van der Waals surface area contributed by atoms with Crippen molar-refractivity contribution in [3.05, 3.63) is 59.4 Å². The molecule has 0 spiro atoms. The number of benzene rings is 1. The third-order valence-electron chi connectivity index (χ3n) is 6.02. The number of carbonyl (C=O) groups is 2. The number of fused-ring (bicyclic) bond motifs is 1. The fourth-order valence-electron chi connectivity index (χ4n) is 4.49. The first-order valence-electron chi connectivity index (χ1n) is 9.98. The number of hydrogen-bond acceptors (Lipinski definition) is 3. The summed E-state index contributed by atoms with van der Waals surface area (Å²) in [6.07, 6.45) is 5.47. The van der Waals surface area contributed by atoms with E-state index in [4.69, 9.17) is 4.74 Å². The summed E-state index contributed by atoms with van der Waals surface area (Å²) < 4.78 is 5.62. The molecule has 3 N–H and O–H groups in total. The van der Waals surface area contributed by atoms with Gasteiger partial charge in [0.25, 0.3) is 5.91 Å². The van der Waals surface area contributed by atoms with Gasteiger partial charge in [0.15, 0.2) is 0 Å². The van der Waals surface area contributed by atoms with Crippen LogP contribution in [0.5, 0.6) is 0 Å². The fraction of sp³-hybridized carbons (Fsp3) is 0.455. The lowest BCUT2D eigenvalue weighted by Gasteiger charge is -2.35. The van der Waals surface area contributed by atoms with E-state index in [2.05, 4.69) is 39.9 Å². The molecule has 0 unspecified atom stereocenters. The molecule has 2 aromatic rings. The zero-order chi connectivity index (χ0) is 19.5. The van der Waals surface area contributed by atoms with Crippen LogP contribution < -0.4 is 10.6 Å². The average molecular weight is 381 g/mol. The lowest BCUT2D eigenvalue weighted by Crippen LogP contribution is -2.50. The maximum Gasteiger partial charge on any atom is 0.267 e. The van der Waals surface area contributed by atoms with Crippen LogP contribution in [-0.4, -0.2) is 42.1 Å². The van der Waals surface area contributed by atoms with Crippen LogP contribution in [0.4, 0.5) is 0 Å². The molecule has 1 fully saturated rings. The predicted octanol–water partition coefficient (Wildman–Crippen LogP) is 2.21. The maximum absolute atomic E-state index is 12.8. The molecule has 3 atom stereocenters. The lowest BCUT2D eigenvalue weighted by molar-refractivity contribution is -0.128. The molecular formula is C22H27N3O3. The summed E-state index contributed by atoms with van der Waals surface area (Å²) in [5.41, 5.74) is 3.20. The van der Waals surface area contributed by atoms with Gasteiger partial charge in [-0.05, 0) is 55.4 Å². The molecule has 0 saturated heterocycles. The molecule has 1 aromatic heterocycles. The SMILES string of the molecule is CO[C@@H]1C[C@@H](C(=O)NC2Cc3ccccc3C2)CC[C@H]1NC(=O)c1ccc[nH]1. The standard InChI is InChI=1S/C22H27N3O3/c1-28-20-13-16(8-9-18(20)25-22(27)19-7-4-10-23-19)21(26)24-17-11-14-5-2-3-6-15(14)12-17/h2-7,10,16-18,20,23H,8-9,11-13H2,1H3,(H,24,26)(H,25,27)/t16-,18+,20+/m0/s1. The van der Waals surface area contributed by atoms with Crippen molar-refractivity contribution in [1.82, 2.24) is 15.6 Å². The minimum absolute atomic E-state index is 0.0766. The maximum atomic E-state index is 12.8. The number of methoxy groups -OCH3 is 1. The molecule has 6 heteroatoms. The molecule has 0 bridgehead atoms. The first-order chi connectivity index (χ1) is 13.6. The largest absolute Gasteiger partial charge is 0.379 e. The summed E-state index contributed by atoms with van der Waals surface area (Å²) in [6.45, 7) is 0. The van der Waals surface area contributed by atoms with Crippen LogP contribution in [0.25, 0.3) is 0 Å². The molecule has 1 aromatic carbocycles. The Morgan fingerprint density at radius 2 is 1.79 bits per heavy atom. The molecular weight excluding hydrogens is 354 g/mol. The van der Waals surface area contributed by atoms with Crippen molar-refractivity contribution < 1.29 is 14.3 Å². The summed E-state index contributed by atoms with van der Waals surface area (Å²) >= 11 is 0. The Labute approximate surface area is 165 Å². The van der Waals surface area contributed by atoms with Crippen LogP contribution in [-0.2, 0) is 22.4 Å². The quantitative estimate of drug-likeness (QED) is 0.743. The van der Waals surface area contributed by atoms with E-state index in [1.807, 2.05) is 0 Å². The molecule has 2 aliphatic carbocycles. The Morgan fingerprint density at radius 3 is 2.43 bits per heavy atom. The smallest absolute Gasteiger partial charge is 0.267 e. The number of aromatic amines is 1. The van der Waals surface area contributed by atoms with E-state index in [9.17, 15) is 9.59 Å². The minimum atomic E-state index is -0.163. The number of nitrogens with one attached hydrogen (secondary N) is 3. The highest BCUT2D eigenvalue weighted by atomic mass is 16.5. The number of rotatable bonds is 5. The van der Waals surface area contributed by atoms with Gasteiger partial charge in [0.05, 0.1) is 12.1 Å². The van der Waals surface area contributed by atoms with E-state index in [-0.39, 0.29) is 35.9 Å². The number of ether oxygens (including phenoxy) is 1. The van der Waals surface area contributed by atoms with Gasteiger partial charge in [-0.25, -0.2) is 0 Å². The van der Waals surface area contributed by atoms with Gasteiger partial charge in [0.1, 0.15) is 5.69 Å². The van der Waals surface area contributed by atoms with Crippen molar-refractivity contribution in [3.63, 3.8) is 0 Å². The zero-order valence-electron chi connectivity index (χ0n) is 16.1. The summed E-state index contributed by atoms with van der Waals surface area (Å²) in [5, 5.41) is 6.27. The Morgan fingerprint density at radius 1 is 1.04 bits per heavy atom. The molecule has 2 amide bonds. The first-order valence-corrected chi connectivity index (χ1v) is 9.98. The molecule has 1 heterocycles. The Bertz CT molecular complexity index is 808. The van der Waals surface area contributed by atoms with Crippen molar-refractivity contribution >= 4 is 11.8 Å². The number of aromatic nitrogens is 1. The minimum Gasteiger partial charge on any atom is -0.379 e. The van der Waals surface area contributed by atoms with Crippen molar-refractivity contribution in [2.75, 3.05) is 7.11 Å². The Kier molecular flexibility index (Phi) is 5.48. The van der Waals surface area contributed by atoms with Gasteiger partial charge in [-0.3, -0.25) is 9.59 Å². The van der Waals surface area contributed by atoms with E-state index in [1.54, 1.807) is 25.4 Å². The fourth-order valence-corrected chi connectivity index (χ4v) is 4.49. The summed E-state index contributed by atoms with van der Waals surface area (Å²) in [4.78, 5) is 28.1. The van der Waals surface area contributed by atoms with E-state index >= 15 is 0 Å². The topological polar surface area (TPSA) is 83.2 Å². The van der Waals surface area contributed by atoms with E-state index in [0.717, 1.165) is 25.7 Å². The summed E-state index contributed by atoms with van der Waals surface area (Å²) in [6, 6.07) is 12.0. The van der Waals surface area contributed by atoms with Crippen LogP contribution in [0.1, 0.15) is 40.9 Å². The number of carbonyl (C=O) groups excluding carboxylic acids is 2. The van der Waals surface area contributed by atoms with Gasteiger partial charge >= 0.3 is 0 Å². The lowest BCUT2D eigenvalue weighted by atomic mass is 9.83. The Hall–Kier alpha value is -2.60. The van der Waals surface area contributed by atoms with Gasteiger partial charge < -0.3 is 20.4 Å². The number of hydrogen-bond donors (Lipinski definition) is 3. The van der Waals surface area contributed by atoms with Gasteiger partial charge in [0, 0.05) is 25.3 Å². The third-order valence-corrected chi connectivity index (χ3v) is 6.02. The molecule has 0 radical (unpaired) electrons. The van der Waals surface area contributed by atoms with Crippen molar-refractivity contribution in [3.8, 4) is 0 Å². The molecule has 4 rings (SSSR count). The molecule has 2 aliphatic rings. The van der Waals surface area contributed by atoms with Crippen LogP contribution in [0.3, 0.4) is 0 Å². The first kappa shape index (κ1) is 18.7. The monoisotopic (exact) mass is 381 g/mol. The second kappa shape index (κ2) is 8.19. The highest BCUT2D eigenvalue weighted by Crippen LogP contribution is 2.28. The van der Waals surface area contributed by atoms with Crippen LogP contribution in [0, 0.1) is 5.92 Å². The molecule has 148 valence electrons. The summed E-state index contributed by atoms with van der Waals surface area (Å²) in [5.74, 6) is -0.107. The molecule has 6 nitrogen and oxygen atoms in total. The second-order valence-corrected chi connectivity index (χ2v) is 7.83.